The molecule has 0 bridgehead atoms. The van der Waals surface area contributed by atoms with E-state index in [0.29, 0.717) is 19.6 Å². The summed E-state index contributed by atoms with van der Waals surface area (Å²) in [6, 6.07) is 0. The van der Waals surface area contributed by atoms with Gasteiger partial charge in [-0.25, -0.2) is 0 Å². The number of ether oxygens (including phenoxy) is 2. The van der Waals surface area contributed by atoms with Gasteiger partial charge < -0.3 is 14.6 Å². The summed E-state index contributed by atoms with van der Waals surface area (Å²) in [5, 5.41) is 9.23. The molecule has 2 saturated heterocycles. The van der Waals surface area contributed by atoms with Crippen LogP contribution in [0.25, 0.3) is 0 Å². The van der Waals surface area contributed by atoms with Crippen molar-refractivity contribution >= 4 is 0 Å². The van der Waals surface area contributed by atoms with E-state index in [4.69, 9.17) is 9.47 Å². The van der Waals surface area contributed by atoms with Crippen LogP contribution in [0.15, 0.2) is 0 Å². The Labute approximate surface area is 91.5 Å². The van der Waals surface area contributed by atoms with E-state index in [1.54, 1.807) is 0 Å². The zero-order valence-corrected chi connectivity index (χ0v) is 8.79. The third kappa shape index (κ3) is 2.33. The molecule has 16 heavy (non-hydrogen) atoms. The Morgan fingerprint density at radius 1 is 1.31 bits per heavy atom. The first-order chi connectivity index (χ1) is 7.43. The molecule has 3 unspecified atom stereocenters. The standard InChI is InChI=1S/C10H15F3O3/c11-10(12,13)8(14)7-1-3-16-9(5-7)2-4-15-6-9/h7-8,14H,1-6H2. The second-order valence-corrected chi connectivity index (χ2v) is 4.57. The zero-order chi connectivity index (χ0) is 11.8. The van der Waals surface area contributed by atoms with Crippen molar-refractivity contribution in [1.82, 2.24) is 0 Å². The van der Waals surface area contributed by atoms with E-state index in [1.807, 2.05) is 0 Å². The van der Waals surface area contributed by atoms with Gasteiger partial charge in [0.05, 0.1) is 12.2 Å². The molecule has 0 aliphatic carbocycles. The van der Waals surface area contributed by atoms with Crippen molar-refractivity contribution in [3.8, 4) is 0 Å². The molecule has 3 atom stereocenters. The molecule has 2 aliphatic heterocycles. The minimum Gasteiger partial charge on any atom is -0.383 e. The number of aliphatic hydroxyl groups excluding tert-OH is 1. The molecule has 0 amide bonds. The average Bonchev–Trinajstić information content (AvgIpc) is 2.64. The summed E-state index contributed by atoms with van der Waals surface area (Å²) < 4.78 is 47.8. The second kappa shape index (κ2) is 4.16. The molecule has 0 saturated carbocycles. The Bertz CT molecular complexity index is 248. The molecule has 0 aromatic rings. The Morgan fingerprint density at radius 2 is 2.06 bits per heavy atom. The monoisotopic (exact) mass is 240 g/mol. The summed E-state index contributed by atoms with van der Waals surface area (Å²) >= 11 is 0. The van der Waals surface area contributed by atoms with Crippen LogP contribution in [-0.2, 0) is 9.47 Å². The number of halogens is 3. The second-order valence-electron chi connectivity index (χ2n) is 4.57. The Balaban J connectivity index is 2.01. The Hall–Kier alpha value is -0.330. The largest absolute Gasteiger partial charge is 0.414 e. The molecule has 1 N–H and O–H groups in total. The molecular weight excluding hydrogens is 225 g/mol. The lowest BCUT2D eigenvalue weighted by Crippen LogP contribution is -2.47. The molecule has 2 heterocycles. The number of aliphatic hydroxyl groups is 1. The van der Waals surface area contributed by atoms with Crippen LogP contribution < -0.4 is 0 Å². The molecule has 2 aliphatic rings. The smallest absolute Gasteiger partial charge is 0.383 e. The van der Waals surface area contributed by atoms with E-state index >= 15 is 0 Å². The van der Waals surface area contributed by atoms with E-state index in [0.717, 1.165) is 0 Å². The summed E-state index contributed by atoms with van der Waals surface area (Å²) in [4.78, 5) is 0. The lowest BCUT2D eigenvalue weighted by atomic mass is 9.82. The lowest BCUT2D eigenvalue weighted by molar-refractivity contribution is -0.235. The van der Waals surface area contributed by atoms with Crippen LogP contribution in [-0.4, -0.2) is 42.8 Å². The van der Waals surface area contributed by atoms with Crippen LogP contribution in [0, 0.1) is 5.92 Å². The van der Waals surface area contributed by atoms with Crippen molar-refractivity contribution in [2.75, 3.05) is 19.8 Å². The Morgan fingerprint density at radius 3 is 2.62 bits per heavy atom. The third-order valence-electron chi connectivity index (χ3n) is 3.38. The van der Waals surface area contributed by atoms with Gasteiger partial charge in [0.2, 0.25) is 0 Å². The maximum Gasteiger partial charge on any atom is 0.414 e. The van der Waals surface area contributed by atoms with Crippen LogP contribution in [0.3, 0.4) is 0 Å². The molecule has 94 valence electrons. The lowest BCUT2D eigenvalue weighted by Gasteiger charge is -2.39. The SMILES string of the molecule is OC(C1CCOC2(CCOC2)C1)C(F)(F)F. The van der Waals surface area contributed by atoms with Crippen molar-refractivity contribution in [3.63, 3.8) is 0 Å². The number of alkyl halides is 3. The van der Waals surface area contributed by atoms with Crippen molar-refractivity contribution in [1.29, 1.82) is 0 Å². The first-order valence-electron chi connectivity index (χ1n) is 5.39. The van der Waals surface area contributed by atoms with E-state index in [9.17, 15) is 18.3 Å². The predicted molar refractivity (Wildman–Crippen MR) is 48.9 cm³/mol. The normalized spacial score (nSPS) is 37.9. The van der Waals surface area contributed by atoms with Crippen LogP contribution in [0.2, 0.25) is 0 Å². The molecule has 2 fully saturated rings. The first kappa shape index (κ1) is 12.1. The van der Waals surface area contributed by atoms with Crippen LogP contribution >= 0.6 is 0 Å². The van der Waals surface area contributed by atoms with E-state index in [-0.39, 0.29) is 19.4 Å². The molecule has 0 radical (unpaired) electrons. The minimum atomic E-state index is -4.54. The highest BCUT2D eigenvalue weighted by molar-refractivity contribution is 4.93. The van der Waals surface area contributed by atoms with E-state index in [1.165, 1.54) is 0 Å². The maximum absolute atomic E-state index is 12.4. The summed E-state index contributed by atoms with van der Waals surface area (Å²) in [6.45, 7) is 1.13. The van der Waals surface area contributed by atoms with Gasteiger partial charge in [-0.15, -0.1) is 0 Å². The average molecular weight is 240 g/mol. The zero-order valence-electron chi connectivity index (χ0n) is 8.79. The molecule has 3 nitrogen and oxygen atoms in total. The summed E-state index contributed by atoms with van der Waals surface area (Å²) in [6.07, 6.45) is -5.68. The van der Waals surface area contributed by atoms with Crippen molar-refractivity contribution in [3.05, 3.63) is 0 Å². The van der Waals surface area contributed by atoms with Gasteiger partial charge >= 0.3 is 6.18 Å². The van der Waals surface area contributed by atoms with Crippen molar-refractivity contribution in [2.45, 2.75) is 37.1 Å². The van der Waals surface area contributed by atoms with Crippen molar-refractivity contribution in [2.24, 2.45) is 5.92 Å². The number of rotatable bonds is 1. The first-order valence-corrected chi connectivity index (χ1v) is 5.39. The van der Waals surface area contributed by atoms with Gasteiger partial charge in [0, 0.05) is 19.6 Å². The highest BCUT2D eigenvalue weighted by Crippen LogP contribution is 2.40. The van der Waals surface area contributed by atoms with Gasteiger partial charge in [-0.05, 0) is 18.8 Å². The summed E-state index contributed by atoms with van der Waals surface area (Å²) in [7, 11) is 0. The highest BCUT2D eigenvalue weighted by atomic mass is 19.4. The van der Waals surface area contributed by atoms with Gasteiger partial charge in [0.25, 0.3) is 0 Å². The van der Waals surface area contributed by atoms with Gasteiger partial charge in [0.1, 0.15) is 0 Å². The third-order valence-corrected chi connectivity index (χ3v) is 3.38. The van der Waals surface area contributed by atoms with Crippen LogP contribution in [0.1, 0.15) is 19.3 Å². The molecule has 2 rings (SSSR count). The molecule has 1 spiro atoms. The molecule has 0 aromatic heterocycles. The fourth-order valence-electron chi connectivity index (χ4n) is 2.47. The maximum atomic E-state index is 12.4. The topological polar surface area (TPSA) is 38.7 Å². The number of hydrogen-bond donors (Lipinski definition) is 1. The van der Waals surface area contributed by atoms with Gasteiger partial charge in [-0.1, -0.05) is 0 Å². The molecule has 0 aromatic carbocycles. The summed E-state index contributed by atoms with van der Waals surface area (Å²) in [5.74, 6) is -0.768. The fourth-order valence-corrected chi connectivity index (χ4v) is 2.47. The quantitative estimate of drug-likeness (QED) is 0.754. The fraction of sp³-hybridized carbons (Fsp3) is 1.00. The number of hydrogen-bond acceptors (Lipinski definition) is 3. The van der Waals surface area contributed by atoms with Gasteiger partial charge in [-0.3, -0.25) is 0 Å². The predicted octanol–water partition coefficient (Wildman–Crippen LogP) is 1.50. The summed E-state index contributed by atoms with van der Waals surface area (Å²) in [5.41, 5.74) is -0.588. The van der Waals surface area contributed by atoms with Gasteiger partial charge in [-0.2, -0.15) is 13.2 Å². The van der Waals surface area contributed by atoms with E-state index in [2.05, 4.69) is 0 Å². The minimum absolute atomic E-state index is 0.230. The highest BCUT2D eigenvalue weighted by Gasteiger charge is 2.49. The van der Waals surface area contributed by atoms with Gasteiger partial charge in [0.15, 0.2) is 6.10 Å². The van der Waals surface area contributed by atoms with Crippen LogP contribution in [0.5, 0.6) is 0 Å². The Kier molecular flexibility index (Phi) is 3.16. The van der Waals surface area contributed by atoms with E-state index < -0.39 is 23.8 Å². The van der Waals surface area contributed by atoms with Crippen molar-refractivity contribution < 1.29 is 27.8 Å². The molecule has 6 heteroatoms. The van der Waals surface area contributed by atoms with Crippen LogP contribution in [0.4, 0.5) is 13.2 Å². The molecular formula is C10H15F3O3.